The van der Waals surface area contributed by atoms with Crippen molar-refractivity contribution in [2.24, 2.45) is 23.7 Å². The summed E-state index contributed by atoms with van der Waals surface area (Å²) in [6.45, 7) is -0.118. The Balaban J connectivity index is 0.986. The van der Waals surface area contributed by atoms with Crippen LogP contribution in [0, 0.1) is 43.9 Å². The van der Waals surface area contributed by atoms with Crippen molar-refractivity contribution in [1.29, 1.82) is 0 Å². The third-order valence-electron chi connectivity index (χ3n) is 11.7. The highest BCUT2D eigenvalue weighted by Gasteiger charge is 2.50. The fourth-order valence-electron chi connectivity index (χ4n) is 8.95. The van der Waals surface area contributed by atoms with Gasteiger partial charge in [0.25, 0.3) is 0 Å². The molecule has 0 aliphatic heterocycles. The smallest absolute Gasteiger partial charge is 0.317 e. The van der Waals surface area contributed by atoms with E-state index in [9.17, 15) is 44.8 Å². The molecule has 5 aliphatic carbocycles. The van der Waals surface area contributed by atoms with Gasteiger partial charge in [-0.25, -0.2) is 9.78 Å². The van der Waals surface area contributed by atoms with Gasteiger partial charge in [-0.05, 0) is 103 Å². The molecule has 5 saturated carbocycles. The van der Waals surface area contributed by atoms with Crippen LogP contribution in [0.1, 0.15) is 116 Å². The second-order valence-electron chi connectivity index (χ2n) is 14.9. The highest BCUT2D eigenvalue weighted by Crippen LogP contribution is 2.37. The van der Waals surface area contributed by atoms with Gasteiger partial charge in [-0.3, -0.25) is 34.6 Å². The molecule has 5 fully saturated rings. The Hall–Kier alpha value is -2.95. The maximum atomic E-state index is 13.0. The Morgan fingerprint density at radius 2 is 1.06 bits per heavy atom. The van der Waals surface area contributed by atoms with E-state index in [1.54, 1.807) is 0 Å². The summed E-state index contributed by atoms with van der Waals surface area (Å²) in [5.74, 6) is -6.93. The van der Waals surface area contributed by atoms with Crippen LogP contribution in [0.5, 0.6) is 0 Å². The van der Waals surface area contributed by atoms with E-state index in [2.05, 4.69) is 0 Å². The first-order chi connectivity index (χ1) is 24.0. The van der Waals surface area contributed by atoms with Gasteiger partial charge in [0.2, 0.25) is 12.1 Å². The van der Waals surface area contributed by atoms with Gasteiger partial charge < -0.3 is 24.4 Å². The van der Waals surface area contributed by atoms with Crippen LogP contribution in [-0.4, -0.2) is 93.3 Å². The maximum absolute atomic E-state index is 13.0. The molecule has 50 heavy (non-hydrogen) atoms. The van der Waals surface area contributed by atoms with Gasteiger partial charge in [-0.2, -0.15) is 0 Å². The summed E-state index contributed by atoms with van der Waals surface area (Å²) in [7, 11) is 0. The number of carbonyl (C=O) groups is 3. The van der Waals surface area contributed by atoms with Gasteiger partial charge in [0.1, 0.15) is 12.0 Å². The summed E-state index contributed by atoms with van der Waals surface area (Å²) >= 11 is 0. The molecule has 0 aromatic rings. The van der Waals surface area contributed by atoms with E-state index in [1.807, 2.05) is 0 Å². The standard InChI is InChI=1S/C34H52N2O14/c37-32(38)26-6-2-8-29(35(42)43)28(26)19-46-50-23-16-14-21(15-17-23)48-25-5-1-4-24(18-25)47-20-10-12-22(13-11-20)49-34(41)31-27(33(39)40)7-3-9-30(31)36(44)45/h20-31H,1-19H2,(H,37,38)(H,39,40). The quantitative estimate of drug-likeness (QED) is 0.107. The Bertz CT molecular complexity index is 1140. The van der Waals surface area contributed by atoms with Gasteiger partial charge in [0.05, 0.1) is 54.9 Å². The minimum Gasteiger partial charge on any atom is -0.481 e. The average molecular weight is 713 g/mol. The number of carboxylic acids is 2. The van der Waals surface area contributed by atoms with Gasteiger partial charge >= 0.3 is 17.9 Å². The molecule has 282 valence electrons. The summed E-state index contributed by atoms with van der Waals surface area (Å²) < 4.78 is 18.6. The topological polar surface area (TPSA) is 224 Å². The van der Waals surface area contributed by atoms with Crippen LogP contribution in [0.15, 0.2) is 0 Å². The average Bonchev–Trinajstić information content (AvgIpc) is 3.09. The lowest BCUT2D eigenvalue weighted by Gasteiger charge is -2.37. The van der Waals surface area contributed by atoms with Crippen molar-refractivity contribution in [1.82, 2.24) is 0 Å². The molecule has 0 aromatic carbocycles. The van der Waals surface area contributed by atoms with Crippen molar-refractivity contribution in [3.8, 4) is 0 Å². The van der Waals surface area contributed by atoms with Crippen LogP contribution in [0.25, 0.3) is 0 Å². The number of ether oxygens (including phenoxy) is 3. The predicted octanol–water partition coefficient (Wildman–Crippen LogP) is 4.74. The molecule has 8 unspecified atom stereocenters. The van der Waals surface area contributed by atoms with Gasteiger partial charge in [-0.1, -0.05) is 0 Å². The Morgan fingerprint density at radius 1 is 0.580 bits per heavy atom. The zero-order valence-corrected chi connectivity index (χ0v) is 28.6. The van der Waals surface area contributed by atoms with Gasteiger partial charge in [-0.15, -0.1) is 0 Å². The van der Waals surface area contributed by atoms with E-state index in [0.717, 1.165) is 38.5 Å². The van der Waals surface area contributed by atoms with Crippen molar-refractivity contribution in [2.45, 2.75) is 164 Å². The SMILES string of the molecule is O=C(O)C1CCCC([N+](=O)[O-])C1COOC1CCC(OC2CCCC(OC3CCC(OC(=O)C4C(C(=O)O)CCCC4[N+](=O)[O-])CC3)C2)CC1. The molecule has 0 amide bonds. The van der Waals surface area contributed by atoms with Crippen molar-refractivity contribution < 1.29 is 58.4 Å². The summed E-state index contributed by atoms with van der Waals surface area (Å²) in [5, 5.41) is 42.2. The molecular formula is C34H52N2O14. The zero-order valence-electron chi connectivity index (χ0n) is 28.6. The third kappa shape index (κ3) is 10.1. The predicted molar refractivity (Wildman–Crippen MR) is 172 cm³/mol. The first kappa shape index (κ1) is 38.3. The van der Waals surface area contributed by atoms with Gasteiger partial charge in [0, 0.05) is 22.7 Å². The van der Waals surface area contributed by atoms with Crippen LogP contribution in [0.4, 0.5) is 0 Å². The molecule has 0 bridgehead atoms. The first-order valence-corrected chi connectivity index (χ1v) is 18.5. The van der Waals surface area contributed by atoms with Gasteiger partial charge in [0.15, 0.2) is 0 Å². The second kappa shape index (κ2) is 18.0. The lowest BCUT2D eigenvalue weighted by molar-refractivity contribution is -0.541. The molecule has 5 rings (SSSR count). The van der Waals surface area contributed by atoms with Crippen LogP contribution in [-0.2, 0) is 38.4 Å². The fourth-order valence-corrected chi connectivity index (χ4v) is 8.95. The molecule has 16 heteroatoms. The van der Waals surface area contributed by atoms with Crippen LogP contribution in [0.2, 0.25) is 0 Å². The summed E-state index contributed by atoms with van der Waals surface area (Å²) in [6, 6.07) is -2.19. The van der Waals surface area contributed by atoms with E-state index in [0.29, 0.717) is 64.2 Å². The monoisotopic (exact) mass is 712 g/mol. The van der Waals surface area contributed by atoms with E-state index >= 15 is 0 Å². The summed E-state index contributed by atoms with van der Waals surface area (Å²) in [4.78, 5) is 69.6. The molecular weight excluding hydrogens is 660 g/mol. The number of carboxylic acid groups (broad SMARTS) is 2. The molecule has 8 atom stereocenters. The van der Waals surface area contributed by atoms with Crippen molar-refractivity contribution in [3.05, 3.63) is 20.2 Å². The second-order valence-corrected chi connectivity index (χ2v) is 14.9. The van der Waals surface area contributed by atoms with E-state index in [1.165, 1.54) is 0 Å². The highest BCUT2D eigenvalue weighted by atomic mass is 17.2. The minimum atomic E-state index is -1.27. The van der Waals surface area contributed by atoms with Crippen LogP contribution in [0.3, 0.4) is 0 Å². The number of esters is 1. The molecule has 5 aliphatic rings. The maximum Gasteiger partial charge on any atom is 0.317 e. The highest BCUT2D eigenvalue weighted by molar-refractivity contribution is 5.82. The molecule has 0 saturated heterocycles. The normalized spacial score (nSPS) is 38.1. The fraction of sp³-hybridized carbons (Fsp3) is 0.912. The molecule has 2 N–H and O–H groups in total. The zero-order chi connectivity index (χ0) is 35.8. The molecule has 0 radical (unpaired) electrons. The number of carbonyl (C=O) groups excluding carboxylic acids is 1. The largest absolute Gasteiger partial charge is 0.481 e. The van der Waals surface area contributed by atoms with E-state index in [-0.39, 0.29) is 50.0 Å². The van der Waals surface area contributed by atoms with Crippen molar-refractivity contribution >= 4 is 17.9 Å². The molecule has 0 heterocycles. The van der Waals surface area contributed by atoms with Crippen LogP contribution >= 0.6 is 0 Å². The number of nitro groups is 2. The minimum absolute atomic E-state index is 0.00860. The van der Waals surface area contributed by atoms with Crippen molar-refractivity contribution in [3.63, 3.8) is 0 Å². The Labute approximate surface area is 291 Å². The number of hydrogen-bond donors (Lipinski definition) is 2. The van der Waals surface area contributed by atoms with E-state index in [4.69, 9.17) is 24.0 Å². The molecule has 0 spiro atoms. The number of aliphatic carboxylic acids is 2. The Kier molecular flexibility index (Phi) is 13.8. The Morgan fingerprint density at radius 3 is 1.60 bits per heavy atom. The first-order valence-electron chi connectivity index (χ1n) is 18.5. The number of rotatable bonds is 14. The molecule has 0 aromatic heterocycles. The third-order valence-corrected chi connectivity index (χ3v) is 11.7. The lowest BCUT2D eigenvalue weighted by atomic mass is 9.76. The van der Waals surface area contributed by atoms with E-state index < -0.39 is 69.6 Å². The van der Waals surface area contributed by atoms with Crippen molar-refractivity contribution in [2.75, 3.05) is 6.61 Å². The summed E-state index contributed by atoms with van der Waals surface area (Å²) in [6.07, 6.45) is 10.8. The lowest BCUT2D eigenvalue weighted by Crippen LogP contribution is -2.47. The molecule has 16 nitrogen and oxygen atoms in total. The summed E-state index contributed by atoms with van der Waals surface area (Å²) in [5.41, 5.74) is 0. The number of hydrogen-bond acceptors (Lipinski definition) is 12. The van der Waals surface area contributed by atoms with Crippen LogP contribution < -0.4 is 0 Å². The number of nitrogens with zero attached hydrogens (tertiary/aromatic N) is 2.